The number of hydrogen-bond acceptors (Lipinski definition) is 4. The van der Waals surface area contributed by atoms with E-state index in [2.05, 4.69) is 10.3 Å². The van der Waals surface area contributed by atoms with E-state index in [0.717, 1.165) is 5.56 Å². The van der Waals surface area contributed by atoms with E-state index in [1.165, 1.54) is 11.8 Å². The summed E-state index contributed by atoms with van der Waals surface area (Å²) in [7, 11) is 0. The molecule has 8 heteroatoms. The first-order chi connectivity index (χ1) is 13.5. The number of halogens is 3. The van der Waals surface area contributed by atoms with E-state index in [1.54, 1.807) is 36.4 Å². The lowest BCUT2D eigenvalue weighted by molar-refractivity contribution is -0.115. The number of nitrogens with one attached hydrogen (secondary N) is 1. The second kappa shape index (κ2) is 8.05. The maximum atomic E-state index is 12.3. The Balaban J connectivity index is 1.57. The summed E-state index contributed by atoms with van der Waals surface area (Å²) in [6.45, 7) is 0. The highest BCUT2D eigenvalue weighted by Crippen LogP contribution is 2.35. The number of carbonyl (C=O) groups excluding carboxylic acids is 1. The average Bonchev–Trinajstić information content (AvgIpc) is 3.26. The molecule has 2 aromatic carbocycles. The van der Waals surface area contributed by atoms with Crippen molar-refractivity contribution < 1.29 is 9.21 Å². The van der Waals surface area contributed by atoms with E-state index >= 15 is 0 Å². The molecule has 1 amide bonds. The Bertz CT molecular complexity index is 1140. The number of carbonyl (C=O) groups is 1. The SMILES string of the molecule is O=C1NC(=Nc2cccc(Cl)c2Cl)S/C1=C\c1ccc(-c2cccc(Cl)c2)o1. The van der Waals surface area contributed by atoms with Crippen LogP contribution in [0.25, 0.3) is 17.4 Å². The van der Waals surface area contributed by atoms with Gasteiger partial charge in [-0.25, -0.2) is 4.99 Å². The van der Waals surface area contributed by atoms with Crippen LogP contribution in [0.1, 0.15) is 5.76 Å². The van der Waals surface area contributed by atoms with E-state index in [-0.39, 0.29) is 5.91 Å². The van der Waals surface area contributed by atoms with Crippen LogP contribution in [-0.4, -0.2) is 11.1 Å². The monoisotopic (exact) mass is 448 g/mol. The molecule has 4 nitrogen and oxygen atoms in total. The predicted molar refractivity (Wildman–Crippen MR) is 116 cm³/mol. The largest absolute Gasteiger partial charge is 0.457 e. The van der Waals surface area contributed by atoms with Gasteiger partial charge in [-0.05, 0) is 48.2 Å². The van der Waals surface area contributed by atoms with Crippen molar-refractivity contribution >= 4 is 69.4 Å². The van der Waals surface area contributed by atoms with Gasteiger partial charge < -0.3 is 9.73 Å². The van der Waals surface area contributed by atoms with Gasteiger partial charge in [-0.2, -0.15) is 0 Å². The fourth-order valence-corrected chi connectivity index (χ4v) is 3.87. The fraction of sp³-hybridized carbons (Fsp3) is 0. The lowest BCUT2D eigenvalue weighted by Gasteiger charge is -2.00. The molecule has 0 aliphatic carbocycles. The van der Waals surface area contributed by atoms with Gasteiger partial charge in [-0.1, -0.05) is 53.0 Å². The van der Waals surface area contributed by atoms with E-state index < -0.39 is 0 Å². The number of benzene rings is 2. The Morgan fingerprint density at radius 2 is 1.86 bits per heavy atom. The van der Waals surface area contributed by atoms with Gasteiger partial charge in [0.1, 0.15) is 11.5 Å². The molecule has 0 saturated carbocycles. The summed E-state index contributed by atoms with van der Waals surface area (Å²) in [5, 5.41) is 4.49. The third-order valence-electron chi connectivity index (χ3n) is 3.81. The zero-order chi connectivity index (χ0) is 19.7. The molecule has 1 aliphatic rings. The predicted octanol–water partition coefficient (Wildman–Crippen LogP) is 6.80. The quantitative estimate of drug-likeness (QED) is 0.447. The van der Waals surface area contributed by atoms with Crippen LogP contribution < -0.4 is 5.32 Å². The number of hydrogen-bond donors (Lipinski definition) is 1. The molecular weight excluding hydrogens is 439 g/mol. The van der Waals surface area contributed by atoms with Crippen molar-refractivity contribution in [2.45, 2.75) is 0 Å². The summed E-state index contributed by atoms with van der Waals surface area (Å²) in [5.74, 6) is 0.953. The molecule has 0 atom stereocenters. The van der Waals surface area contributed by atoms with Crippen molar-refractivity contribution in [2.24, 2.45) is 4.99 Å². The minimum absolute atomic E-state index is 0.261. The average molecular weight is 450 g/mol. The van der Waals surface area contributed by atoms with E-state index in [9.17, 15) is 4.79 Å². The summed E-state index contributed by atoms with van der Waals surface area (Å²) in [6, 6.07) is 16.1. The number of amides is 1. The van der Waals surface area contributed by atoms with Gasteiger partial charge in [0.2, 0.25) is 0 Å². The zero-order valence-corrected chi connectivity index (χ0v) is 17.2. The minimum atomic E-state index is -0.261. The molecular formula is C20H11Cl3N2O2S. The molecule has 1 fully saturated rings. The van der Waals surface area contributed by atoms with Gasteiger partial charge >= 0.3 is 0 Å². The van der Waals surface area contributed by atoms with E-state index in [4.69, 9.17) is 39.2 Å². The molecule has 2 heterocycles. The fourth-order valence-electron chi connectivity index (χ4n) is 2.53. The molecule has 0 bridgehead atoms. The Kier molecular flexibility index (Phi) is 5.51. The van der Waals surface area contributed by atoms with E-state index in [0.29, 0.717) is 42.3 Å². The number of thioether (sulfide) groups is 1. The summed E-state index contributed by atoms with van der Waals surface area (Å²) in [4.78, 5) is 17.1. The van der Waals surface area contributed by atoms with E-state index in [1.807, 2.05) is 24.3 Å². The van der Waals surface area contributed by atoms with Gasteiger partial charge in [0.25, 0.3) is 5.91 Å². The van der Waals surface area contributed by atoms with Crippen molar-refractivity contribution in [3.05, 3.63) is 80.3 Å². The number of rotatable bonds is 3. The molecule has 4 rings (SSSR count). The molecule has 1 saturated heterocycles. The normalized spacial score (nSPS) is 16.8. The molecule has 1 aliphatic heterocycles. The Morgan fingerprint density at radius 1 is 1.04 bits per heavy atom. The first-order valence-electron chi connectivity index (χ1n) is 8.09. The molecule has 1 N–H and O–H groups in total. The molecule has 140 valence electrons. The summed E-state index contributed by atoms with van der Waals surface area (Å²) >= 11 is 19.4. The van der Waals surface area contributed by atoms with Gasteiger partial charge in [-0.15, -0.1) is 0 Å². The van der Waals surface area contributed by atoms with Crippen molar-refractivity contribution in [3.8, 4) is 11.3 Å². The number of aliphatic imine (C=N–C) groups is 1. The van der Waals surface area contributed by atoms with Gasteiger partial charge in [0, 0.05) is 16.7 Å². The van der Waals surface area contributed by atoms with Crippen LogP contribution in [0.4, 0.5) is 5.69 Å². The van der Waals surface area contributed by atoms with Crippen LogP contribution in [0, 0.1) is 0 Å². The van der Waals surface area contributed by atoms with Crippen molar-refractivity contribution in [3.63, 3.8) is 0 Å². The van der Waals surface area contributed by atoms with Gasteiger partial charge in [0.05, 0.1) is 20.6 Å². The lowest BCUT2D eigenvalue weighted by Crippen LogP contribution is -2.19. The van der Waals surface area contributed by atoms with Gasteiger partial charge in [0.15, 0.2) is 5.17 Å². The van der Waals surface area contributed by atoms with Crippen molar-refractivity contribution in [1.82, 2.24) is 5.32 Å². The second-order valence-electron chi connectivity index (χ2n) is 5.77. The molecule has 28 heavy (non-hydrogen) atoms. The molecule has 0 unspecified atom stereocenters. The van der Waals surface area contributed by atoms with Crippen LogP contribution in [0.2, 0.25) is 15.1 Å². The first-order valence-corrected chi connectivity index (χ1v) is 10.0. The van der Waals surface area contributed by atoms with Crippen LogP contribution in [-0.2, 0) is 4.79 Å². The summed E-state index contributed by atoms with van der Waals surface area (Å²) in [6.07, 6.45) is 1.66. The third kappa shape index (κ3) is 4.13. The van der Waals surface area contributed by atoms with Crippen LogP contribution in [0.5, 0.6) is 0 Å². The minimum Gasteiger partial charge on any atom is -0.457 e. The lowest BCUT2D eigenvalue weighted by atomic mass is 10.2. The molecule has 3 aromatic rings. The zero-order valence-electron chi connectivity index (χ0n) is 14.1. The highest BCUT2D eigenvalue weighted by Gasteiger charge is 2.24. The Labute approximate surface area is 180 Å². The maximum Gasteiger partial charge on any atom is 0.264 e. The second-order valence-corrected chi connectivity index (χ2v) is 8.02. The van der Waals surface area contributed by atoms with Crippen LogP contribution >= 0.6 is 46.6 Å². The Hall–Kier alpha value is -2.18. The molecule has 1 aromatic heterocycles. The smallest absolute Gasteiger partial charge is 0.264 e. The van der Waals surface area contributed by atoms with Crippen molar-refractivity contribution in [1.29, 1.82) is 0 Å². The molecule has 0 spiro atoms. The highest BCUT2D eigenvalue weighted by molar-refractivity contribution is 8.18. The van der Waals surface area contributed by atoms with Crippen LogP contribution in [0.15, 0.2) is 68.9 Å². The number of amidine groups is 1. The Morgan fingerprint density at radius 3 is 2.68 bits per heavy atom. The molecule has 0 radical (unpaired) electrons. The topological polar surface area (TPSA) is 54.6 Å². The summed E-state index contributed by atoms with van der Waals surface area (Å²) in [5.41, 5.74) is 1.35. The first kappa shape index (κ1) is 19.2. The standard InChI is InChI=1S/C20H11Cl3N2O2S/c21-12-4-1-3-11(9-12)16-8-7-13(27-16)10-17-19(26)25-20(28-17)24-15-6-2-5-14(22)18(15)23/h1-10H,(H,24,25,26)/b17-10-. The number of furan rings is 1. The van der Waals surface area contributed by atoms with Crippen molar-refractivity contribution in [2.75, 3.05) is 0 Å². The maximum absolute atomic E-state index is 12.3. The number of nitrogens with zero attached hydrogens (tertiary/aromatic N) is 1. The summed E-state index contributed by atoms with van der Waals surface area (Å²) < 4.78 is 5.82. The highest BCUT2D eigenvalue weighted by atomic mass is 35.5. The third-order valence-corrected chi connectivity index (χ3v) is 5.77. The van der Waals surface area contributed by atoms with Gasteiger partial charge in [-0.3, -0.25) is 4.79 Å². The van der Waals surface area contributed by atoms with Crippen LogP contribution in [0.3, 0.4) is 0 Å².